The summed E-state index contributed by atoms with van der Waals surface area (Å²) in [5, 5.41) is 15.6. The Balaban J connectivity index is 1.76. The summed E-state index contributed by atoms with van der Waals surface area (Å²) < 4.78 is 1.38. The van der Waals surface area contributed by atoms with E-state index >= 15 is 0 Å². The van der Waals surface area contributed by atoms with Crippen LogP contribution in [0.25, 0.3) is 10.9 Å². The maximum absolute atomic E-state index is 13.5. The molecule has 6 nitrogen and oxygen atoms in total. The molecule has 0 amide bonds. The minimum Gasteiger partial charge on any atom is -0.506 e. The molecule has 0 aliphatic carbocycles. The van der Waals surface area contributed by atoms with Gasteiger partial charge in [-0.25, -0.2) is 0 Å². The van der Waals surface area contributed by atoms with Gasteiger partial charge in [0.1, 0.15) is 11.3 Å². The van der Waals surface area contributed by atoms with Crippen LogP contribution < -0.4 is 15.8 Å². The van der Waals surface area contributed by atoms with Crippen LogP contribution in [0.5, 0.6) is 5.75 Å². The molecule has 4 rings (SSSR count). The topological polar surface area (TPSA) is 74.6 Å². The molecule has 0 spiro atoms. The molecule has 8 heteroatoms. The van der Waals surface area contributed by atoms with Crippen molar-refractivity contribution in [2.75, 3.05) is 24.3 Å². The van der Waals surface area contributed by atoms with Gasteiger partial charge in [-0.3, -0.25) is 9.59 Å². The van der Waals surface area contributed by atoms with Crippen molar-refractivity contribution in [3.05, 3.63) is 98.3 Å². The molecule has 0 bridgehead atoms. The maximum atomic E-state index is 13.5. The van der Waals surface area contributed by atoms with Crippen molar-refractivity contribution >= 4 is 51.3 Å². The molecule has 1 atom stereocenters. The average Bonchev–Trinajstić information content (AvgIpc) is 2.84. The van der Waals surface area contributed by atoms with E-state index < -0.39 is 17.4 Å². The first-order chi connectivity index (χ1) is 16.7. The lowest BCUT2D eigenvalue weighted by molar-refractivity contribution is 0.0972. The first kappa shape index (κ1) is 24.6. The van der Waals surface area contributed by atoms with Crippen molar-refractivity contribution in [3.63, 3.8) is 0 Å². The molecule has 0 fully saturated rings. The summed E-state index contributed by atoms with van der Waals surface area (Å²) >= 11 is 12.5. The Bertz CT molecular complexity index is 1460. The van der Waals surface area contributed by atoms with Crippen molar-refractivity contribution in [1.82, 2.24) is 4.57 Å². The smallest absolute Gasteiger partial charge is 0.265 e. The predicted molar refractivity (Wildman–Crippen MR) is 143 cm³/mol. The van der Waals surface area contributed by atoms with E-state index in [1.807, 2.05) is 43.3 Å². The molecule has 35 heavy (non-hydrogen) atoms. The number of halogens is 2. The Kier molecular flexibility index (Phi) is 7.05. The van der Waals surface area contributed by atoms with Crippen molar-refractivity contribution in [2.45, 2.75) is 12.5 Å². The number of ketones is 1. The number of hydrogen-bond acceptors (Lipinski definition) is 5. The van der Waals surface area contributed by atoms with Gasteiger partial charge in [-0.15, -0.1) is 0 Å². The third-order valence-electron chi connectivity index (χ3n) is 6.01. The van der Waals surface area contributed by atoms with Gasteiger partial charge in [0.15, 0.2) is 5.78 Å². The van der Waals surface area contributed by atoms with Gasteiger partial charge in [0.25, 0.3) is 5.56 Å². The molecule has 1 aromatic heterocycles. The van der Waals surface area contributed by atoms with Crippen LogP contribution in [-0.2, 0) is 7.05 Å². The number of anilines is 2. The first-order valence-electron chi connectivity index (χ1n) is 11.0. The van der Waals surface area contributed by atoms with E-state index in [0.29, 0.717) is 26.6 Å². The van der Waals surface area contributed by atoms with Gasteiger partial charge in [0, 0.05) is 43.7 Å². The van der Waals surface area contributed by atoms with Crippen molar-refractivity contribution in [2.24, 2.45) is 7.05 Å². The Morgan fingerprint density at radius 3 is 2.43 bits per heavy atom. The zero-order valence-electron chi connectivity index (χ0n) is 19.5. The summed E-state index contributed by atoms with van der Waals surface area (Å²) in [6, 6.07) is 19.1. The third kappa shape index (κ3) is 4.99. The SMILES string of the molecule is CN(C)c1ccc([C@@H](CC(=O)c2c(O)c3ccccc3n(C)c2=O)Nc2cc(Cl)ccc2Cl)cc1. The molecule has 1 heterocycles. The minimum absolute atomic E-state index is 0.0920. The van der Waals surface area contributed by atoms with Crippen LogP contribution in [0.1, 0.15) is 28.4 Å². The molecule has 0 saturated heterocycles. The first-order valence-corrected chi connectivity index (χ1v) is 11.8. The minimum atomic E-state index is -0.548. The number of para-hydroxylation sites is 1. The Hall–Kier alpha value is -3.48. The predicted octanol–water partition coefficient (Wildman–Crippen LogP) is 6.04. The quantitative estimate of drug-likeness (QED) is 0.297. The zero-order valence-corrected chi connectivity index (χ0v) is 21.1. The number of rotatable bonds is 7. The Morgan fingerprint density at radius 2 is 1.74 bits per heavy atom. The molecule has 0 aliphatic rings. The van der Waals surface area contributed by atoms with Gasteiger partial charge in [-0.2, -0.15) is 0 Å². The number of pyridine rings is 1. The summed E-state index contributed by atoms with van der Waals surface area (Å²) in [6.07, 6.45) is -0.0920. The zero-order chi connectivity index (χ0) is 25.3. The van der Waals surface area contributed by atoms with Crippen LogP contribution in [-0.4, -0.2) is 29.6 Å². The second-order valence-corrected chi connectivity index (χ2v) is 9.38. The highest BCUT2D eigenvalue weighted by atomic mass is 35.5. The molecule has 180 valence electrons. The number of nitrogens with one attached hydrogen (secondary N) is 1. The van der Waals surface area contributed by atoms with Gasteiger partial charge in [0.05, 0.1) is 22.3 Å². The van der Waals surface area contributed by atoms with E-state index in [2.05, 4.69) is 5.32 Å². The van der Waals surface area contributed by atoms with E-state index in [0.717, 1.165) is 11.3 Å². The standard InChI is InChI=1S/C27H25Cl2N3O3/c1-31(2)18-11-8-16(9-12-18)21(30-22-14-17(28)10-13-20(22)29)15-24(33)25-26(34)19-6-4-5-7-23(19)32(3)27(25)35/h4-14,21,30,34H,15H2,1-3H3/t21-/m1/s1. The van der Waals surface area contributed by atoms with E-state index in [1.165, 1.54) is 4.57 Å². The number of carbonyl (C=O) groups is 1. The van der Waals surface area contributed by atoms with Crippen molar-refractivity contribution < 1.29 is 9.90 Å². The summed E-state index contributed by atoms with van der Waals surface area (Å²) in [6.45, 7) is 0. The highest BCUT2D eigenvalue weighted by Gasteiger charge is 2.25. The van der Waals surface area contributed by atoms with Crippen LogP contribution in [0.2, 0.25) is 10.0 Å². The van der Waals surface area contributed by atoms with Crippen LogP contribution in [0.3, 0.4) is 0 Å². The second kappa shape index (κ2) is 10.0. The van der Waals surface area contributed by atoms with Crippen LogP contribution in [0.4, 0.5) is 11.4 Å². The number of benzene rings is 3. The summed E-state index contributed by atoms with van der Waals surface area (Å²) in [5.74, 6) is -0.794. The highest BCUT2D eigenvalue weighted by molar-refractivity contribution is 6.35. The lowest BCUT2D eigenvalue weighted by Crippen LogP contribution is -2.27. The molecule has 0 radical (unpaired) electrons. The van der Waals surface area contributed by atoms with E-state index in [-0.39, 0.29) is 17.7 Å². The molecule has 2 N–H and O–H groups in total. The summed E-state index contributed by atoms with van der Waals surface area (Å²) in [7, 11) is 5.47. The number of Topliss-reactive ketones (excluding diaryl/α,β-unsaturated/α-hetero) is 1. The number of nitrogens with zero attached hydrogens (tertiary/aromatic N) is 2. The fourth-order valence-electron chi connectivity index (χ4n) is 4.07. The van der Waals surface area contributed by atoms with E-state index in [9.17, 15) is 14.7 Å². The van der Waals surface area contributed by atoms with Crippen molar-refractivity contribution in [3.8, 4) is 5.75 Å². The number of hydrogen-bond donors (Lipinski definition) is 2. The van der Waals surface area contributed by atoms with Gasteiger partial charge in [-0.1, -0.05) is 47.5 Å². The fraction of sp³-hybridized carbons (Fsp3) is 0.185. The summed E-state index contributed by atoms with van der Waals surface area (Å²) in [4.78, 5) is 28.5. The molecule has 3 aromatic carbocycles. The largest absolute Gasteiger partial charge is 0.506 e. The lowest BCUT2D eigenvalue weighted by Gasteiger charge is -2.22. The molecule has 0 unspecified atom stereocenters. The normalized spacial score (nSPS) is 11.9. The molecule has 0 aliphatic heterocycles. The molecule has 4 aromatic rings. The van der Waals surface area contributed by atoms with E-state index in [4.69, 9.17) is 23.2 Å². The third-order valence-corrected chi connectivity index (χ3v) is 6.58. The van der Waals surface area contributed by atoms with Crippen LogP contribution >= 0.6 is 23.2 Å². The average molecular weight is 510 g/mol. The van der Waals surface area contributed by atoms with Crippen LogP contribution in [0.15, 0.2) is 71.5 Å². The molecule has 0 saturated carbocycles. The van der Waals surface area contributed by atoms with Gasteiger partial charge >= 0.3 is 0 Å². The number of carbonyl (C=O) groups excluding carboxylic acids is 1. The Labute approximate surface area is 213 Å². The Morgan fingerprint density at radius 1 is 1.06 bits per heavy atom. The van der Waals surface area contributed by atoms with Gasteiger partial charge in [0.2, 0.25) is 0 Å². The second-order valence-electron chi connectivity index (χ2n) is 8.54. The highest BCUT2D eigenvalue weighted by Crippen LogP contribution is 2.33. The van der Waals surface area contributed by atoms with E-state index in [1.54, 1.807) is 49.5 Å². The fourth-order valence-corrected chi connectivity index (χ4v) is 4.42. The molecular weight excluding hydrogens is 485 g/mol. The number of aromatic nitrogens is 1. The maximum Gasteiger partial charge on any atom is 0.265 e. The lowest BCUT2D eigenvalue weighted by atomic mass is 9.96. The number of aromatic hydroxyl groups is 1. The van der Waals surface area contributed by atoms with Gasteiger partial charge < -0.3 is 19.9 Å². The summed E-state index contributed by atoms with van der Waals surface area (Å²) in [5.41, 5.74) is 2.14. The van der Waals surface area contributed by atoms with Crippen LogP contribution in [0, 0.1) is 0 Å². The van der Waals surface area contributed by atoms with Gasteiger partial charge in [-0.05, 0) is 48.0 Å². The number of aryl methyl sites for hydroxylation is 1. The van der Waals surface area contributed by atoms with Crippen molar-refractivity contribution in [1.29, 1.82) is 0 Å². The molecular formula is C27H25Cl2N3O3. The number of fused-ring (bicyclic) bond motifs is 1. The monoisotopic (exact) mass is 509 g/mol.